The quantitative estimate of drug-likeness (QED) is 0.502. The van der Waals surface area contributed by atoms with Crippen molar-refractivity contribution in [3.63, 3.8) is 0 Å². The summed E-state index contributed by atoms with van der Waals surface area (Å²) in [6.07, 6.45) is 0. The minimum Gasteiger partial charge on any atom is -0.143 e. The van der Waals surface area contributed by atoms with E-state index < -0.39 is 0 Å². The Morgan fingerprint density at radius 3 is 3.00 bits per heavy atom. The number of rotatable bonds is 0. The van der Waals surface area contributed by atoms with Crippen LogP contribution in [0.2, 0.25) is 0 Å². The standard InChI is InChI=1S/C9H5PS2/c1-3-11-8-5-10-7-2-4-12-9(7)6(1)8/h1-5H. The molecule has 0 saturated heterocycles. The Balaban J connectivity index is 2.71. The molecule has 3 aromatic heterocycles. The van der Waals surface area contributed by atoms with Gasteiger partial charge in [0.05, 0.1) is 0 Å². The topological polar surface area (TPSA) is 0 Å². The largest absolute Gasteiger partial charge is 0.143 e. The normalized spacial score (nSPS) is 12.0. The van der Waals surface area contributed by atoms with Crippen LogP contribution in [0.1, 0.15) is 0 Å². The second-order valence-electron chi connectivity index (χ2n) is 2.59. The van der Waals surface area contributed by atoms with Crippen molar-refractivity contribution >= 4 is 50.8 Å². The van der Waals surface area contributed by atoms with E-state index in [-0.39, 0.29) is 0 Å². The van der Waals surface area contributed by atoms with Crippen LogP contribution in [0.15, 0.2) is 28.7 Å². The van der Waals surface area contributed by atoms with Crippen molar-refractivity contribution in [1.82, 2.24) is 0 Å². The molecule has 0 nitrogen and oxygen atoms in total. The molecule has 3 heterocycles. The third-order valence-electron chi connectivity index (χ3n) is 1.91. The predicted molar refractivity (Wildman–Crippen MR) is 59.7 cm³/mol. The van der Waals surface area contributed by atoms with Crippen LogP contribution >= 0.6 is 30.9 Å². The van der Waals surface area contributed by atoms with E-state index in [2.05, 4.69) is 28.7 Å². The molecular weight excluding hydrogens is 203 g/mol. The highest BCUT2D eigenvalue weighted by atomic mass is 32.1. The Morgan fingerprint density at radius 1 is 1.08 bits per heavy atom. The minimum absolute atomic E-state index is 1.36. The summed E-state index contributed by atoms with van der Waals surface area (Å²) < 4.78 is 2.90. The van der Waals surface area contributed by atoms with E-state index in [1.165, 1.54) is 28.1 Å². The van der Waals surface area contributed by atoms with Gasteiger partial charge in [-0.05, 0) is 28.7 Å². The third kappa shape index (κ3) is 0.861. The molecule has 0 amide bonds. The number of thiophene rings is 2. The van der Waals surface area contributed by atoms with Crippen molar-refractivity contribution in [2.45, 2.75) is 0 Å². The first-order valence-corrected chi connectivity index (χ1v) is 6.37. The smallest absolute Gasteiger partial charge is 0.0475 e. The average molecular weight is 208 g/mol. The van der Waals surface area contributed by atoms with Crippen molar-refractivity contribution < 1.29 is 0 Å². The summed E-state index contributed by atoms with van der Waals surface area (Å²) in [6, 6.07) is 4.44. The van der Waals surface area contributed by atoms with E-state index in [1.54, 1.807) is 0 Å². The summed E-state index contributed by atoms with van der Waals surface area (Å²) >= 11 is 3.69. The van der Waals surface area contributed by atoms with Crippen molar-refractivity contribution in [1.29, 1.82) is 0 Å². The molecule has 0 aromatic carbocycles. The van der Waals surface area contributed by atoms with Gasteiger partial charge >= 0.3 is 0 Å². The van der Waals surface area contributed by atoms with Crippen LogP contribution in [0.25, 0.3) is 19.9 Å². The lowest BCUT2D eigenvalue weighted by Gasteiger charge is -1.89. The van der Waals surface area contributed by atoms with Gasteiger partial charge in [0.15, 0.2) is 0 Å². The number of hydrogen-bond donors (Lipinski definition) is 0. The second-order valence-corrected chi connectivity index (χ2v) is 5.45. The van der Waals surface area contributed by atoms with Gasteiger partial charge in [-0.2, -0.15) is 0 Å². The van der Waals surface area contributed by atoms with E-state index in [1.807, 2.05) is 22.7 Å². The first kappa shape index (κ1) is 7.02. The van der Waals surface area contributed by atoms with E-state index in [0.717, 1.165) is 0 Å². The van der Waals surface area contributed by atoms with Crippen molar-refractivity contribution in [2.75, 3.05) is 0 Å². The molecule has 58 valence electrons. The fraction of sp³-hybridized carbons (Fsp3) is 0. The molecule has 0 bridgehead atoms. The van der Waals surface area contributed by atoms with Gasteiger partial charge in [-0.3, -0.25) is 0 Å². The molecular formula is C9H5PS2. The Labute approximate surface area is 79.6 Å². The molecule has 0 spiro atoms. The molecule has 0 aliphatic heterocycles. The maximum Gasteiger partial charge on any atom is 0.0475 e. The molecule has 0 saturated carbocycles. The predicted octanol–water partition coefficient (Wildman–Crippen LogP) is 4.70. The summed E-state index contributed by atoms with van der Waals surface area (Å²) in [5.41, 5.74) is 0. The van der Waals surface area contributed by atoms with Gasteiger partial charge in [-0.25, -0.2) is 0 Å². The number of fused-ring (bicyclic) bond motifs is 3. The molecule has 12 heavy (non-hydrogen) atoms. The first-order chi connectivity index (χ1) is 5.95. The van der Waals surface area contributed by atoms with Crippen LogP contribution in [-0.4, -0.2) is 0 Å². The zero-order chi connectivity index (χ0) is 7.97. The van der Waals surface area contributed by atoms with Gasteiger partial charge in [0.1, 0.15) is 0 Å². The van der Waals surface area contributed by atoms with Crippen LogP contribution in [0.5, 0.6) is 0 Å². The highest BCUT2D eigenvalue weighted by Crippen LogP contribution is 2.37. The van der Waals surface area contributed by atoms with Gasteiger partial charge in [-0.15, -0.1) is 22.7 Å². The van der Waals surface area contributed by atoms with Gasteiger partial charge in [0.25, 0.3) is 0 Å². The van der Waals surface area contributed by atoms with Crippen LogP contribution < -0.4 is 0 Å². The van der Waals surface area contributed by atoms with Crippen molar-refractivity contribution in [2.24, 2.45) is 0 Å². The fourth-order valence-corrected chi connectivity index (χ4v) is 4.50. The Kier molecular flexibility index (Phi) is 1.48. The van der Waals surface area contributed by atoms with Gasteiger partial charge in [-0.1, -0.05) is 8.19 Å². The molecule has 0 radical (unpaired) electrons. The zero-order valence-corrected chi connectivity index (χ0v) is 8.68. The fourth-order valence-electron chi connectivity index (χ4n) is 1.34. The Hall–Kier alpha value is -0.430. The van der Waals surface area contributed by atoms with Gasteiger partial charge in [0.2, 0.25) is 0 Å². The zero-order valence-electron chi connectivity index (χ0n) is 6.15. The molecule has 0 aliphatic rings. The summed E-state index contributed by atoms with van der Waals surface area (Å²) in [5, 5.41) is 7.25. The lowest BCUT2D eigenvalue weighted by atomic mass is 10.3. The Morgan fingerprint density at radius 2 is 2.00 bits per heavy atom. The van der Waals surface area contributed by atoms with E-state index in [4.69, 9.17) is 0 Å². The third-order valence-corrected chi connectivity index (χ3v) is 5.08. The molecule has 0 atom stereocenters. The molecule has 0 N–H and O–H groups in total. The van der Waals surface area contributed by atoms with E-state index in [0.29, 0.717) is 0 Å². The van der Waals surface area contributed by atoms with Crippen molar-refractivity contribution in [3.8, 4) is 0 Å². The molecule has 3 rings (SSSR count). The van der Waals surface area contributed by atoms with Crippen LogP contribution in [-0.2, 0) is 0 Å². The lowest BCUT2D eigenvalue weighted by molar-refractivity contribution is 2.19. The lowest BCUT2D eigenvalue weighted by Crippen LogP contribution is -1.56. The summed E-state index contributed by atoms with van der Waals surface area (Å²) in [7, 11) is 1.36. The first-order valence-electron chi connectivity index (χ1n) is 3.64. The summed E-state index contributed by atoms with van der Waals surface area (Å²) in [5.74, 6) is 2.30. The maximum absolute atomic E-state index is 2.30. The highest BCUT2D eigenvalue weighted by Gasteiger charge is 2.01. The molecule has 3 aromatic rings. The molecule has 0 fully saturated rings. The van der Waals surface area contributed by atoms with Crippen molar-refractivity contribution in [3.05, 3.63) is 28.7 Å². The van der Waals surface area contributed by atoms with E-state index in [9.17, 15) is 0 Å². The molecule has 0 aliphatic carbocycles. The molecule has 0 unspecified atom stereocenters. The summed E-state index contributed by atoms with van der Waals surface area (Å²) in [6.45, 7) is 0. The maximum atomic E-state index is 2.30. The highest BCUT2D eigenvalue weighted by molar-refractivity contribution is 7.40. The van der Waals surface area contributed by atoms with Gasteiger partial charge in [0, 0.05) is 19.9 Å². The SMILES string of the molecule is c1cc2c(cpc3ccsc32)s1. The van der Waals surface area contributed by atoms with Crippen LogP contribution in [0.4, 0.5) is 0 Å². The number of hydrogen-bond acceptors (Lipinski definition) is 2. The average Bonchev–Trinajstić information content (AvgIpc) is 2.71. The van der Waals surface area contributed by atoms with Gasteiger partial charge < -0.3 is 0 Å². The summed E-state index contributed by atoms with van der Waals surface area (Å²) in [4.78, 5) is 0. The second kappa shape index (κ2) is 2.53. The monoisotopic (exact) mass is 208 g/mol. The molecule has 3 heteroatoms. The Bertz CT molecular complexity index is 486. The van der Waals surface area contributed by atoms with Crippen LogP contribution in [0, 0.1) is 0 Å². The minimum atomic E-state index is 1.36. The van der Waals surface area contributed by atoms with E-state index >= 15 is 0 Å². The van der Waals surface area contributed by atoms with Crippen LogP contribution in [0.3, 0.4) is 0 Å².